The third-order valence-corrected chi connectivity index (χ3v) is 3.77. The average molecular weight is 277 g/mol. The van der Waals surface area contributed by atoms with Gasteiger partial charge in [-0.3, -0.25) is 9.69 Å². The highest BCUT2D eigenvalue weighted by Crippen LogP contribution is 2.14. The van der Waals surface area contributed by atoms with E-state index in [1.807, 2.05) is 17.0 Å². The summed E-state index contributed by atoms with van der Waals surface area (Å²) >= 11 is 0. The predicted molar refractivity (Wildman–Crippen MR) is 79.7 cm³/mol. The fraction of sp³-hybridized carbons (Fsp3) is 0.533. The summed E-state index contributed by atoms with van der Waals surface area (Å²) in [6.45, 7) is 6.18. The minimum Gasteiger partial charge on any atom is -0.399 e. The van der Waals surface area contributed by atoms with Gasteiger partial charge in [0, 0.05) is 50.6 Å². The molecule has 0 bridgehead atoms. The normalized spacial score (nSPS) is 20.1. The van der Waals surface area contributed by atoms with Crippen molar-refractivity contribution in [3.05, 3.63) is 29.8 Å². The lowest BCUT2D eigenvalue weighted by atomic mass is 10.1. The number of piperazine rings is 1. The lowest BCUT2D eigenvalue weighted by Gasteiger charge is -2.39. The van der Waals surface area contributed by atoms with E-state index < -0.39 is 0 Å². The van der Waals surface area contributed by atoms with Crippen LogP contribution in [0.2, 0.25) is 0 Å². The maximum Gasteiger partial charge on any atom is 0.254 e. The van der Waals surface area contributed by atoms with Crippen LogP contribution in [0.25, 0.3) is 0 Å². The maximum atomic E-state index is 12.4. The molecule has 2 rings (SSSR count). The number of methoxy groups -OCH3 is 1. The standard InChI is InChI=1S/C15H23N3O2/c1-12-11-18(7-6-17(12)8-9-20-2)15(19)13-4-3-5-14(16)10-13/h3-5,10,12H,6-9,11,16H2,1-2H3. The van der Waals surface area contributed by atoms with E-state index >= 15 is 0 Å². The van der Waals surface area contributed by atoms with E-state index in [0.29, 0.717) is 17.3 Å². The van der Waals surface area contributed by atoms with E-state index in [2.05, 4.69) is 11.8 Å². The summed E-state index contributed by atoms with van der Waals surface area (Å²) in [6.07, 6.45) is 0. The molecule has 0 spiro atoms. The molecule has 5 heteroatoms. The van der Waals surface area contributed by atoms with Gasteiger partial charge in [-0.15, -0.1) is 0 Å². The molecule has 1 saturated heterocycles. The Balaban J connectivity index is 1.97. The van der Waals surface area contributed by atoms with Crippen molar-refractivity contribution in [1.82, 2.24) is 9.80 Å². The molecule has 1 aliphatic heterocycles. The molecule has 1 atom stereocenters. The van der Waals surface area contributed by atoms with E-state index in [1.54, 1.807) is 19.2 Å². The van der Waals surface area contributed by atoms with Crippen molar-refractivity contribution >= 4 is 11.6 Å². The lowest BCUT2D eigenvalue weighted by Crippen LogP contribution is -2.54. The van der Waals surface area contributed by atoms with Crippen molar-refractivity contribution < 1.29 is 9.53 Å². The van der Waals surface area contributed by atoms with Crippen molar-refractivity contribution in [2.75, 3.05) is 45.6 Å². The number of rotatable bonds is 4. The maximum absolute atomic E-state index is 12.4. The van der Waals surface area contributed by atoms with Gasteiger partial charge in [0.25, 0.3) is 5.91 Å². The Morgan fingerprint density at radius 3 is 2.90 bits per heavy atom. The fourth-order valence-electron chi connectivity index (χ4n) is 2.57. The number of carbonyl (C=O) groups excluding carboxylic acids is 1. The van der Waals surface area contributed by atoms with Crippen LogP contribution < -0.4 is 5.73 Å². The number of nitrogen functional groups attached to an aromatic ring is 1. The molecule has 1 fully saturated rings. The lowest BCUT2D eigenvalue weighted by molar-refractivity contribution is 0.0434. The fourth-order valence-corrected chi connectivity index (χ4v) is 2.57. The Morgan fingerprint density at radius 2 is 2.25 bits per heavy atom. The van der Waals surface area contributed by atoms with Crippen molar-refractivity contribution in [3.8, 4) is 0 Å². The summed E-state index contributed by atoms with van der Waals surface area (Å²) in [5.74, 6) is 0.0653. The second-order valence-electron chi connectivity index (χ2n) is 5.25. The van der Waals surface area contributed by atoms with Gasteiger partial charge in [0.2, 0.25) is 0 Å². The van der Waals surface area contributed by atoms with Crippen LogP contribution in [0.15, 0.2) is 24.3 Å². The highest BCUT2D eigenvalue weighted by Gasteiger charge is 2.26. The molecular formula is C15H23N3O2. The Hall–Kier alpha value is -1.59. The van der Waals surface area contributed by atoms with Crippen LogP contribution in [-0.4, -0.2) is 61.6 Å². The van der Waals surface area contributed by atoms with Gasteiger partial charge in [-0.2, -0.15) is 0 Å². The molecule has 110 valence electrons. The molecule has 0 saturated carbocycles. The number of amides is 1. The first-order valence-electron chi connectivity index (χ1n) is 6.99. The number of ether oxygens (including phenoxy) is 1. The molecule has 1 aliphatic rings. The van der Waals surface area contributed by atoms with E-state index in [0.717, 1.165) is 32.8 Å². The number of benzene rings is 1. The zero-order chi connectivity index (χ0) is 14.5. The van der Waals surface area contributed by atoms with Gasteiger partial charge in [0.05, 0.1) is 6.61 Å². The molecule has 0 radical (unpaired) electrons. The quantitative estimate of drug-likeness (QED) is 0.836. The number of nitrogens with two attached hydrogens (primary N) is 1. The summed E-state index contributed by atoms with van der Waals surface area (Å²) in [4.78, 5) is 16.7. The summed E-state index contributed by atoms with van der Waals surface area (Å²) in [7, 11) is 1.71. The van der Waals surface area contributed by atoms with Gasteiger partial charge in [-0.25, -0.2) is 0 Å². The van der Waals surface area contributed by atoms with E-state index in [9.17, 15) is 4.79 Å². The monoisotopic (exact) mass is 277 g/mol. The molecular weight excluding hydrogens is 254 g/mol. The van der Waals surface area contributed by atoms with Crippen molar-refractivity contribution in [1.29, 1.82) is 0 Å². The predicted octanol–water partition coefficient (Wildman–Crippen LogP) is 1.06. The first kappa shape index (κ1) is 14.8. The molecule has 1 aromatic rings. The molecule has 0 aromatic heterocycles. The van der Waals surface area contributed by atoms with Gasteiger partial charge in [0.15, 0.2) is 0 Å². The summed E-state index contributed by atoms with van der Waals surface area (Å²) in [6, 6.07) is 7.53. The first-order valence-corrected chi connectivity index (χ1v) is 6.99. The molecule has 5 nitrogen and oxygen atoms in total. The highest BCUT2D eigenvalue weighted by atomic mass is 16.5. The van der Waals surface area contributed by atoms with Crippen molar-refractivity contribution in [3.63, 3.8) is 0 Å². The van der Waals surface area contributed by atoms with E-state index in [1.165, 1.54) is 0 Å². The minimum atomic E-state index is 0.0653. The van der Waals surface area contributed by atoms with Gasteiger partial charge >= 0.3 is 0 Å². The molecule has 2 N–H and O–H groups in total. The molecule has 1 unspecified atom stereocenters. The third kappa shape index (κ3) is 3.49. The van der Waals surface area contributed by atoms with Crippen LogP contribution >= 0.6 is 0 Å². The SMILES string of the molecule is COCCN1CCN(C(=O)c2cccc(N)c2)CC1C. The average Bonchev–Trinajstić information content (AvgIpc) is 2.45. The number of carbonyl (C=O) groups is 1. The summed E-state index contributed by atoms with van der Waals surface area (Å²) < 4.78 is 5.11. The Kier molecular flexibility index (Phi) is 4.98. The largest absolute Gasteiger partial charge is 0.399 e. The molecule has 1 amide bonds. The molecule has 1 aromatic carbocycles. The van der Waals surface area contributed by atoms with E-state index in [4.69, 9.17) is 10.5 Å². The zero-order valence-corrected chi connectivity index (χ0v) is 12.2. The molecule has 1 heterocycles. The van der Waals surface area contributed by atoms with Crippen LogP contribution in [0.1, 0.15) is 17.3 Å². The van der Waals surface area contributed by atoms with Crippen LogP contribution in [-0.2, 0) is 4.74 Å². The number of hydrogen-bond acceptors (Lipinski definition) is 4. The smallest absolute Gasteiger partial charge is 0.254 e. The van der Waals surface area contributed by atoms with Crippen molar-refractivity contribution in [2.24, 2.45) is 0 Å². The Labute approximate surface area is 120 Å². The summed E-state index contributed by atoms with van der Waals surface area (Å²) in [5.41, 5.74) is 7.03. The molecule has 20 heavy (non-hydrogen) atoms. The highest BCUT2D eigenvalue weighted by molar-refractivity contribution is 5.95. The van der Waals surface area contributed by atoms with Gasteiger partial charge in [-0.05, 0) is 25.1 Å². The second-order valence-corrected chi connectivity index (χ2v) is 5.25. The number of hydrogen-bond donors (Lipinski definition) is 1. The summed E-state index contributed by atoms with van der Waals surface area (Å²) in [5, 5.41) is 0. The van der Waals surface area contributed by atoms with E-state index in [-0.39, 0.29) is 5.91 Å². The Bertz CT molecular complexity index is 464. The van der Waals surface area contributed by atoms with Crippen LogP contribution in [0.5, 0.6) is 0 Å². The number of anilines is 1. The topological polar surface area (TPSA) is 58.8 Å². The number of nitrogens with zero attached hydrogens (tertiary/aromatic N) is 2. The first-order chi connectivity index (χ1) is 9.61. The second kappa shape index (κ2) is 6.72. The van der Waals surface area contributed by atoms with Crippen LogP contribution in [0, 0.1) is 0 Å². The third-order valence-electron chi connectivity index (χ3n) is 3.77. The minimum absolute atomic E-state index is 0.0653. The Morgan fingerprint density at radius 1 is 1.45 bits per heavy atom. The van der Waals surface area contributed by atoms with Gasteiger partial charge < -0.3 is 15.4 Å². The van der Waals surface area contributed by atoms with Gasteiger partial charge in [-0.1, -0.05) is 6.07 Å². The van der Waals surface area contributed by atoms with Crippen LogP contribution in [0.3, 0.4) is 0 Å². The zero-order valence-electron chi connectivity index (χ0n) is 12.2. The van der Waals surface area contributed by atoms with Crippen molar-refractivity contribution in [2.45, 2.75) is 13.0 Å². The van der Waals surface area contributed by atoms with Crippen LogP contribution in [0.4, 0.5) is 5.69 Å². The molecule has 0 aliphatic carbocycles. The van der Waals surface area contributed by atoms with Gasteiger partial charge in [0.1, 0.15) is 0 Å².